The van der Waals surface area contributed by atoms with Crippen molar-refractivity contribution in [2.24, 2.45) is 0 Å². The largest absolute Gasteiger partial charge is 0.496 e. The molecule has 0 saturated heterocycles. The van der Waals surface area contributed by atoms with Crippen LogP contribution in [-0.4, -0.2) is 19.2 Å². The molecule has 30 rings (SSSR count). The molecule has 3 heteroatoms. The van der Waals surface area contributed by atoms with E-state index in [0.29, 0.717) is 0 Å². The highest BCUT2D eigenvalue weighted by Crippen LogP contribution is 2.63. The fraction of sp³-hybridized carbons (Fsp3) is 0.0690. The molecule has 0 radical (unpaired) electrons. The molecule has 148 heavy (non-hydrogen) atoms. The van der Waals surface area contributed by atoms with Gasteiger partial charge < -0.3 is 9.47 Å². The molecular formula is C145H99NO2. The van der Waals surface area contributed by atoms with E-state index in [9.17, 15) is 0 Å². The summed E-state index contributed by atoms with van der Waals surface area (Å²) in [5, 5.41) is 35.0. The molecule has 0 saturated carbocycles. The van der Waals surface area contributed by atoms with Crippen molar-refractivity contribution in [3.63, 3.8) is 0 Å². The minimum absolute atomic E-state index is 0.900. The average Bonchev–Trinajstić information content (AvgIpc) is 1.53. The van der Waals surface area contributed by atoms with Gasteiger partial charge >= 0.3 is 0 Å². The Morgan fingerprint density at radius 3 is 0.899 bits per heavy atom. The molecule has 0 fully saturated rings. The number of rotatable bonds is 12. The average molecular weight is 1890 g/mol. The van der Waals surface area contributed by atoms with E-state index in [2.05, 4.69) is 462 Å². The summed E-state index contributed by atoms with van der Waals surface area (Å²) < 4.78 is 11.6. The summed E-state index contributed by atoms with van der Waals surface area (Å²) in [6.07, 6.45) is 1.89. The van der Waals surface area contributed by atoms with E-state index in [-0.39, 0.29) is 0 Å². The number of benzene rings is 27. The van der Waals surface area contributed by atoms with Crippen LogP contribution < -0.4 is 9.47 Å². The first-order valence-corrected chi connectivity index (χ1v) is 51.7. The van der Waals surface area contributed by atoms with Crippen molar-refractivity contribution in [2.45, 2.75) is 55.4 Å². The van der Waals surface area contributed by atoms with Gasteiger partial charge in [-0.2, -0.15) is 0 Å². The maximum atomic E-state index is 5.82. The minimum Gasteiger partial charge on any atom is -0.496 e. The van der Waals surface area contributed by atoms with Gasteiger partial charge in [0, 0.05) is 33.3 Å². The summed E-state index contributed by atoms with van der Waals surface area (Å²) in [5.74, 6) is 1.80. The van der Waals surface area contributed by atoms with Crippen LogP contribution in [0.2, 0.25) is 0 Å². The Hall–Kier alpha value is -18.2. The topological polar surface area (TPSA) is 31.4 Å². The fourth-order valence-corrected chi connectivity index (χ4v) is 27.0. The van der Waals surface area contributed by atoms with Gasteiger partial charge in [-0.25, -0.2) is 0 Å². The summed E-state index contributed by atoms with van der Waals surface area (Å²) in [6.45, 7) is 17.9. The molecule has 1 aromatic heterocycles. The third kappa shape index (κ3) is 13.1. The smallest absolute Gasteiger partial charge is 0.126 e. The SMILES string of the molecule is COc1ccc2c3ccc(-c4ccc5c(-c6ccccn6)cc(-c6ccc7c8ccc(OC)c9cccc(c%10cccc6c%107)c98)cc5c4)c4cccc(c5cccc1c52)c43.Cc1cc(C)cc(-c2c3c(c(-c4cc(C)cc(C)c4)c4ccccc24)-c2ccc(-c4ccc5ccc(-c6ccc7c8c(cccc68)-c6c-7c(-c7cc(C)cc(C)c7)c7ccccc7c6-c6cc(C)cc(C)c6)c(-c6ccccc6)c5c4)c4cccc-3c24)c1. The van der Waals surface area contributed by atoms with Gasteiger partial charge in [0.1, 0.15) is 11.5 Å². The maximum absolute atomic E-state index is 5.82. The van der Waals surface area contributed by atoms with E-state index in [1.807, 2.05) is 12.3 Å². The number of nitrogens with zero attached hydrogens (tertiary/aromatic N) is 1. The predicted octanol–water partition coefficient (Wildman–Crippen LogP) is 40.2. The van der Waals surface area contributed by atoms with Crippen LogP contribution in [0.25, 0.3) is 307 Å². The second-order valence-electron chi connectivity index (χ2n) is 41.7. The molecule has 28 aromatic rings. The molecule has 0 aliphatic heterocycles. The Balaban J connectivity index is 0.000000150. The van der Waals surface area contributed by atoms with Crippen molar-refractivity contribution in [1.29, 1.82) is 0 Å². The van der Waals surface area contributed by atoms with Crippen LogP contribution in [-0.2, 0) is 0 Å². The van der Waals surface area contributed by atoms with Gasteiger partial charge in [-0.3, -0.25) is 4.98 Å². The first-order valence-electron chi connectivity index (χ1n) is 51.7. The Labute approximate surface area is 859 Å². The first-order chi connectivity index (χ1) is 72.6. The Kier molecular flexibility index (Phi) is 19.4. The van der Waals surface area contributed by atoms with Gasteiger partial charge in [0.2, 0.25) is 0 Å². The van der Waals surface area contributed by atoms with E-state index in [1.165, 1.54) is 329 Å². The summed E-state index contributed by atoms with van der Waals surface area (Å²) in [7, 11) is 3.51. The Bertz CT molecular complexity index is 10300. The van der Waals surface area contributed by atoms with Gasteiger partial charge in [0.05, 0.1) is 19.9 Å². The zero-order valence-electron chi connectivity index (χ0n) is 84.1. The van der Waals surface area contributed by atoms with Crippen LogP contribution in [0.3, 0.4) is 0 Å². The van der Waals surface area contributed by atoms with Crippen LogP contribution in [0.4, 0.5) is 0 Å². The molecule has 1 heterocycles. The molecule has 2 aliphatic rings. The van der Waals surface area contributed by atoms with Crippen LogP contribution >= 0.6 is 0 Å². The predicted molar refractivity (Wildman–Crippen MR) is 632 cm³/mol. The molecule has 2 aliphatic carbocycles. The van der Waals surface area contributed by atoms with Crippen molar-refractivity contribution in [2.75, 3.05) is 14.2 Å². The third-order valence-electron chi connectivity index (χ3n) is 32.5. The van der Waals surface area contributed by atoms with E-state index in [1.54, 1.807) is 14.2 Å². The van der Waals surface area contributed by atoms with Crippen LogP contribution in [0.15, 0.2) is 419 Å². The summed E-state index contributed by atoms with van der Waals surface area (Å²) in [6, 6.07) is 156. The van der Waals surface area contributed by atoms with Crippen molar-refractivity contribution in [3.05, 3.63) is 463 Å². The van der Waals surface area contributed by atoms with Gasteiger partial charge in [0.15, 0.2) is 0 Å². The molecule has 0 N–H and O–H groups in total. The zero-order chi connectivity index (χ0) is 99.0. The lowest BCUT2D eigenvalue weighted by Gasteiger charge is -2.21. The fourth-order valence-electron chi connectivity index (χ4n) is 27.0. The number of ether oxygens (including phenoxy) is 2. The van der Waals surface area contributed by atoms with E-state index < -0.39 is 0 Å². The zero-order valence-corrected chi connectivity index (χ0v) is 84.1. The molecule has 696 valence electrons. The van der Waals surface area contributed by atoms with Crippen LogP contribution in [0.1, 0.15) is 44.5 Å². The van der Waals surface area contributed by atoms with Gasteiger partial charge in [-0.1, -0.05) is 408 Å². The van der Waals surface area contributed by atoms with Crippen molar-refractivity contribution < 1.29 is 9.47 Å². The molecule has 27 aromatic carbocycles. The molecule has 0 amide bonds. The van der Waals surface area contributed by atoms with E-state index in [4.69, 9.17) is 14.5 Å². The standard InChI is InChI=1S/C88H64.C57H35NO2/c1-49-36-50(2)41-60(40-49)79-68-20-12-14-22-70(68)81(62-44-53(5)38-54(6)45-62)87-75-34-32-64(66-24-16-26-73(83(66)75)85(79)87)59-29-28-57-30-31-72(78(77(57)48-59)58-18-10-9-11-19-58)65-33-35-76-84-67(65)25-17-27-74(84)86-80(61-42-51(3)37-52(4)43-61)69-21-13-15-23-71(69)82(88(76)86)63-46-55(7)39-56(8)47-63;1-59-52-26-24-46-44-22-20-35(38-9-5-11-40(54(38)44)42-13-7-15-48(52)56(42)46)32-18-19-37-33(29-32)30-34(31-50(37)51-17-3-4-28-58-51)36-21-23-45-47-25-27-53(60-2)49-16-8-14-43(57(47)49)41-12-6-10-39(36)55(41)45/h9-48H,1-8H3;3-31H,1-2H3. The lowest BCUT2D eigenvalue weighted by Crippen LogP contribution is -1.95. The van der Waals surface area contributed by atoms with Gasteiger partial charge in [0.25, 0.3) is 0 Å². The Morgan fingerprint density at radius 2 is 0.459 bits per heavy atom. The van der Waals surface area contributed by atoms with E-state index in [0.717, 1.165) is 33.5 Å². The van der Waals surface area contributed by atoms with Crippen LogP contribution in [0.5, 0.6) is 11.5 Å². The van der Waals surface area contributed by atoms with Gasteiger partial charge in [-0.15, -0.1) is 0 Å². The maximum Gasteiger partial charge on any atom is 0.126 e. The quantitative estimate of drug-likeness (QED) is 0.0902. The molecular weight excluding hydrogens is 1790 g/mol. The molecule has 0 bridgehead atoms. The number of pyridine rings is 1. The highest BCUT2D eigenvalue weighted by Gasteiger charge is 2.36. The lowest BCUT2D eigenvalue weighted by atomic mass is 9.81. The highest BCUT2D eigenvalue weighted by atomic mass is 16.5. The Morgan fingerprint density at radius 1 is 0.149 bits per heavy atom. The minimum atomic E-state index is 0.900. The van der Waals surface area contributed by atoms with Gasteiger partial charge in [-0.05, 0) is 378 Å². The number of hydrogen-bond donors (Lipinski definition) is 0. The summed E-state index contributed by atoms with van der Waals surface area (Å²) >= 11 is 0. The number of hydrogen-bond acceptors (Lipinski definition) is 3. The van der Waals surface area contributed by atoms with Crippen LogP contribution in [0, 0.1) is 55.4 Å². The first kappa shape index (κ1) is 86.5. The lowest BCUT2D eigenvalue weighted by molar-refractivity contribution is 0.420. The third-order valence-corrected chi connectivity index (χ3v) is 32.5. The number of fused-ring (bicyclic) bond motifs is 14. The highest BCUT2D eigenvalue weighted by molar-refractivity contribution is 6.38. The molecule has 0 unspecified atom stereocenters. The monoisotopic (exact) mass is 1890 g/mol. The number of methoxy groups -OCH3 is 2. The van der Waals surface area contributed by atoms with Crippen molar-refractivity contribution in [1.82, 2.24) is 4.98 Å². The summed E-state index contributed by atoms with van der Waals surface area (Å²) in [4.78, 5) is 4.89. The van der Waals surface area contributed by atoms with Crippen molar-refractivity contribution >= 4 is 151 Å². The number of aryl methyl sites for hydroxylation is 8. The molecule has 0 spiro atoms. The summed E-state index contributed by atoms with van der Waals surface area (Å²) in [5.41, 5.74) is 45.2. The van der Waals surface area contributed by atoms with E-state index >= 15 is 0 Å². The number of aromatic nitrogens is 1. The molecule has 3 nitrogen and oxygen atoms in total. The second-order valence-corrected chi connectivity index (χ2v) is 41.7. The normalized spacial score (nSPS) is 12.1. The molecule has 0 atom stereocenters. The second kappa shape index (κ2) is 33.2. The van der Waals surface area contributed by atoms with Crippen molar-refractivity contribution in [3.8, 4) is 167 Å².